The number of pyridine rings is 2. The molecule has 246 valence electrons. The molecule has 2 aromatic heterocycles. The van der Waals surface area contributed by atoms with E-state index in [0.29, 0.717) is 42.1 Å². The Kier molecular flexibility index (Phi) is 8.65. The number of carbonyl (C=O) groups is 1. The van der Waals surface area contributed by atoms with Crippen LogP contribution in [0.15, 0.2) is 41.8 Å². The Balaban J connectivity index is 1.78. The number of aryl methyl sites for hydroxylation is 1. The van der Waals surface area contributed by atoms with Gasteiger partial charge in [-0.3, -0.25) is 19.1 Å². The van der Waals surface area contributed by atoms with Crippen LogP contribution < -0.4 is 20.9 Å². The van der Waals surface area contributed by atoms with Gasteiger partial charge >= 0.3 is 0 Å². The summed E-state index contributed by atoms with van der Waals surface area (Å²) in [7, 11) is 0. The zero-order valence-electron chi connectivity index (χ0n) is 26.1. The number of carbonyl (C=O) groups excluding carboxylic acids is 1. The van der Waals surface area contributed by atoms with Crippen molar-refractivity contribution < 1.29 is 18.3 Å². The zero-order valence-corrected chi connectivity index (χ0v) is 28.4. The quantitative estimate of drug-likeness (QED) is 0.133. The molecule has 0 radical (unpaired) electrons. The third kappa shape index (κ3) is 5.21. The molecule has 1 fully saturated rings. The molecule has 4 heterocycles. The van der Waals surface area contributed by atoms with Crippen molar-refractivity contribution in [3.8, 4) is 22.6 Å². The number of anilines is 2. The van der Waals surface area contributed by atoms with E-state index in [-0.39, 0.29) is 67.9 Å². The van der Waals surface area contributed by atoms with E-state index in [4.69, 9.17) is 45.3 Å². The van der Waals surface area contributed by atoms with E-state index >= 15 is 8.78 Å². The van der Waals surface area contributed by atoms with Crippen molar-refractivity contribution in [1.29, 1.82) is 0 Å². The molecule has 8 nitrogen and oxygen atoms in total. The molecule has 2 aliphatic heterocycles. The molecule has 0 bridgehead atoms. The summed E-state index contributed by atoms with van der Waals surface area (Å²) < 4.78 is 40.7. The normalized spacial score (nSPS) is 17.7. The fourth-order valence-electron chi connectivity index (χ4n) is 6.71. The number of rotatable bonds is 4. The van der Waals surface area contributed by atoms with Crippen LogP contribution in [0.1, 0.15) is 44.4 Å². The summed E-state index contributed by atoms with van der Waals surface area (Å²) in [5.41, 5.74) is 6.20. The summed E-state index contributed by atoms with van der Waals surface area (Å²) >= 11 is 19.3. The van der Waals surface area contributed by atoms with E-state index in [1.54, 1.807) is 24.1 Å². The van der Waals surface area contributed by atoms with Gasteiger partial charge in [-0.05, 0) is 49.6 Å². The number of aromatic nitrogens is 2. The summed E-state index contributed by atoms with van der Waals surface area (Å²) in [4.78, 5) is 35.7. The number of halogens is 5. The zero-order chi connectivity index (χ0) is 34.1. The Morgan fingerprint density at radius 1 is 1.11 bits per heavy atom. The van der Waals surface area contributed by atoms with E-state index in [1.807, 2.05) is 25.7 Å². The first kappa shape index (κ1) is 33.1. The second-order valence-corrected chi connectivity index (χ2v) is 13.4. The fourth-order valence-corrected chi connectivity index (χ4v) is 7.46. The number of benzene rings is 2. The Hall–Kier alpha value is -3.86. The van der Waals surface area contributed by atoms with E-state index in [9.17, 15) is 9.59 Å². The van der Waals surface area contributed by atoms with Crippen LogP contribution in [0.3, 0.4) is 0 Å². The summed E-state index contributed by atoms with van der Waals surface area (Å²) in [5.74, 6) is -2.40. The topological polar surface area (TPSA) is 93.7 Å². The Morgan fingerprint density at radius 3 is 2.51 bits per heavy atom. The summed E-state index contributed by atoms with van der Waals surface area (Å²) in [6.07, 6.45) is 3.37. The van der Waals surface area contributed by atoms with E-state index in [2.05, 4.69) is 11.6 Å². The molecule has 2 N–H and O–H groups in total. The van der Waals surface area contributed by atoms with E-state index < -0.39 is 28.3 Å². The van der Waals surface area contributed by atoms with Crippen LogP contribution in [0.2, 0.25) is 15.1 Å². The number of hydrogen-bond acceptors (Lipinski definition) is 6. The number of piperazine rings is 1. The molecule has 0 saturated carbocycles. The first-order valence-electron chi connectivity index (χ1n) is 15.1. The minimum atomic E-state index is -1.02. The van der Waals surface area contributed by atoms with Gasteiger partial charge in [-0.15, -0.1) is 0 Å². The maximum atomic E-state index is 17.5. The second-order valence-electron chi connectivity index (χ2n) is 12.2. The Morgan fingerprint density at radius 2 is 1.83 bits per heavy atom. The van der Waals surface area contributed by atoms with E-state index in [0.717, 1.165) is 6.07 Å². The molecule has 47 heavy (non-hydrogen) atoms. The first-order valence-corrected chi connectivity index (χ1v) is 16.2. The molecule has 2 unspecified atom stereocenters. The highest BCUT2D eigenvalue weighted by atomic mass is 35.5. The van der Waals surface area contributed by atoms with Gasteiger partial charge in [0.15, 0.2) is 11.6 Å². The predicted octanol–water partition coefficient (Wildman–Crippen LogP) is 7.68. The lowest BCUT2D eigenvalue weighted by Crippen LogP contribution is -2.59. The van der Waals surface area contributed by atoms with Crippen LogP contribution >= 0.6 is 34.8 Å². The number of amides is 1. The molecule has 2 atom stereocenters. The van der Waals surface area contributed by atoms with Crippen molar-refractivity contribution in [2.45, 2.75) is 52.1 Å². The molecule has 0 aliphatic carbocycles. The summed E-state index contributed by atoms with van der Waals surface area (Å²) in [5, 5.41) is -0.411. The molecular formula is C34H32Cl3F2N5O3. The van der Waals surface area contributed by atoms with Crippen LogP contribution in [-0.2, 0) is 4.79 Å². The summed E-state index contributed by atoms with van der Waals surface area (Å²) in [6, 6.07) is 3.78. The minimum absolute atomic E-state index is 0.00775. The van der Waals surface area contributed by atoms with Gasteiger partial charge in [-0.2, -0.15) is 0 Å². The van der Waals surface area contributed by atoms with Crippen molar-refractivity contribution in [1.82, 2.24) is 14.5 Å². The van der Waals surface area contributed by atoms with Gasteiger partial charge < -0.3 is 20.3 Å². The lowest BCUT2D eigenvalue weighted by molar-refractivity contribution is -0.128. The maximum absolute atomic E-state index is 17.5. The first-order chi connectivity index (χ1) is 22.3. The molecule has 2 aromatic carbocycles. The van der Waals surface area contributed by atoms with Crippen LogP contribution in [0.5, 0.6) is 5.75 Å². The number of fused-ring (bicyclic) bond motifs is 5. The minimum Gasteiger partial charge on any atom is -0.486 e. The number of ether oxygens (including phenoxy) is 1. The van der Waals surface area contributed by atoms with Crippen LogP contribution in [0.25, 0.3) is 27.7 Å². The lowest BCUT2D eigenvalue weighted by Gasteiger charge is -2.45. The highest BCUT2D eigenvalue weighted by molar-refractivity contribution is 6.38. The van der Waals surface area contributed by atoms with Gasteiger partial charge in [-0.25, -0.2) is 8.78 Å². The predicted molar refractivity (Wildman–Crippen MR) is 184 cm³/mol. The van der Waals surface area contributed by atoms with Gasteiger partial charge in [0.25, 0.3) is 5.56 Å². The van der Waals surface area contributed by atoms with Crippen molar-refractivity contribution in [2.75, 3.05) is 30.3 Å². The van der Waals surface area contributed by atoms with Gasteiger partial charge in [0.2, 0.25) is 11.7 Å². The molecular weight excluding hydrogens is 671 g/mol. The second kappa shape index (κ2) is 12.3. The molecule has 4 aromatic rings. The SMILES string of the molecule is C=CC(=O)N1CC2CCOc3c(c4cc(Cl)c(-c5c(N)c(Cl)cc(Cl)c5F)c(F)c4n(-c4c(C)ccnc4C(C)C)c3=O)N2CC1C. The Bertz CT molecular complexity index is 2020. The molecule has 6 rings (SSSR count). The van der Waals surface area contributed by atoms with Crippen molar-refractivity contribution in [3.05, 3.63) is 85.4 Å². The summed E-state index contributed by atoms with van der Waals surface area (Å²) in [6.45, 7) is 12.0. The van der Waals surface area contributed by atoms with Gasteiger partial charge in [0, 0.05) is 48.3 Å². The molecule has 1 saturated heterocycles. The van der Waals surface area contributed by atoms with Crippen molar-refractivity contribution in [3.63, 3.8) is 0 Å². The molecule has 2 aliphatic rings. The van der Waals surface area contributed by atoms with Gasteiger partial charge in [0.1, 0.15) is 0 Å². The largest absolute Gasteiger partial charge is 0.486 e. The average molecular weight is 703 g/mol. The number of nitrogens with two attached hydrogens (primary N) is 1. The van der Waals surface area contributed by atoms with Crippen LogP contribution in [0, 0.1) is 18.6 Å². The third-order valence-corrected chi connectivity index (χ3v) is 9.84. The highest BCUT2D eigenvalue weighted by Crippen LogP contribution is 2.48. The average Bonchev–Trinajstić information content (AvgIpc) is 3.21. The van der Waals surface area contributed by atoms with Gasteiger partial charge in [-0.1, -0.05) is 55.2 Å². The van der Waals surface area contributed by atoms with E-state index in [1.165, 1.54) is 16.7 Å². The maximum Gasteiger partial charge on any atom is 0.300 e. The fraction of sp³-hybridized carbons (Fsp3) is 0.324. The monoisotopic (exact) mass is 701 g/mol. The van der Waals surface area contributed by atoms with Crippen molar-refractivity contribution >= 4 is 63.0 Å². The number of nitrogen functional groups attached to an aromatic ring is 1. The van der Waals surface area contributed by atoms with Crippen molar-refractivity contribution in [2.24, 2.45) is 0 Å². The standard InChI is InChI=1S/C34H32Cl3F2N5O3/c1-6-23(45)42-14-18-8-10-47-33-32(43(18)13-17(42)5)19-11-20(35)24(25-26(38)21(36)12-22(37)28(25)40)27(39)31(19)44(34(33)46)30-16(4)7-9-41-29(30)15(2)3/h6-7,9,11-12,15,17-18H,1,8,10,13-14,40H2,2-5H3. The number of hydrogen-bond donors (Lipinski definition) is 1. The molecule has 13 heteroatoms. The lowest BCUT2D eigenvalue weighted by atomic mass is 9.97. The molecule has 1 amide bonds. The van der Waals surface area contributed by atoms with Crippen LogP contribution in [0.4, 0.5) is 20.2 Å². The molecule has 0 spiro atoms. The smallest absolute Gasteiger partial charge is 0.300 e. The number of nitrogens with zero attached hydrogens (tertiary/aromatic N) is 4. The van der Waals surface area contributed by atoms with Crippen LogP contribution in [-0.4, -0.2) is 52.1 Å². The third-order valence-electron chi connectivity index (χ3n) is 8.95. The Labute approximate surface area is 285 Å². The highest BCUT2D eigenvalue weighted by Gasteiger charge is 2.40. The van der Waals surface area contributed by atoms with Gasteiger partial charge in [0.05, 0.1) is 56.0 Å².